The third-order valence-corrected chi connectivity index (χ3v) is 5.62. The second kappa shape index (κ2) is 12.4. The number of nitrogens with two attached hydrogens (primary N) is 1. The van der Waals surface area contributed by atoms with E-state index in [4.69, 9.17) is 5.73 Å². The molecule has 4 unspecified atom stereocenters. The topological polar surface area (TPSA) is 237 Å². The number of aromatic nitrogens is 4. The molecule has 3 heterocycles. The predicted octanol–water partition coefficient (Wildman–Crippen LogP) is -2.92. The van der Waals surface area contributed by atoms with E-state index in [1.165, 1.54) is 25.0 Å². The lowest BCUT2D eigenvalue weighted by molar-refractivity contribution is -0.142. The highest BCUT2D eigenvalue weighted by Gasteiger charge is 2.32. The Morgan fingerprint density at radius 3 is 2.03 bits per heavy atom. The lowest BCUT2D eigenvalue weighted by Gasteiger charge is -2.24. The van der Waals surface area contributed by atoms with Gasteiger partial charge in [0.2, 0.25) is 23.6 Å². The van der Waals surface area contributed by atoms with Crippen molar-refractivity contribution in [2.75, 3.05) is 6.54 Å². The summed E-state index contributed by atoms with van der Waals surface area (Å²) in [5.41, 5.74) is 6.25. The van der Waals surface area contributed by atoms with E-state index in [-0.39, 0.29) is 12.8 Å². The third-order valence-electron chi connectivity index (χ3n) is 5.62. The van der Waals surface area contributed by atoms with Crippen LogP contribution in [0.4, 0.5) is 0 Å². The predicted molar refractivity (Wildman–Crippen MR) is 123 cm³/mol. The number of nitrogens with one attached hydrogen (secondary N) is 6. The number of nitrogens with zero attached hydrogens (tertiary/aromatic N) is 2. The molecule has 0 radical (unpaired) electrons. The van der Waals surface area contributed by atoms with Gasteiger partial charge in [-0.25, -0.2) is 14.8 Å². The number of aliphatic carboxylic acids is 1. The molecule has 0 aromatic carbocycles. The van der Waals surface area contributed by atoms with Crippen LogP contribution in [0.5, 0.6) is 0 Å². The Bertz CT molecular complexity index is 1050. The highest BCUT2D eigenvalue weighted by Crippen LogP contribution is 2.07. The van der Waals surface area contributed by atoms with Crippen LogP contribution in [0.2, 0.25) is 0 Å². The monoisotopic (exact) mass is 503 g/mol. The lowest BCUT2D eigenvalue weighted by Crippen LogP contribution is -2.58. The maximum Gasteiger partial charge on any atom is 0.326 e. The van der Waals surface area contributed by atoms with Crippen molar-refractivity contribution in [3.05, 3.63) is 36.4 Å². The van der Waals surface area contributed by atoms with E-state index >= 15 is 0 Å². The maximum absolute atomic E-state index is 13.1. The smallest absolute Gasteiger partial charge is 0.326 e. The van der Waals surface area contributed by atoms with Crippen molar-refractivity contribution < 1.29 is 29.1 Å². The van der Waals surface area contributed by atoms with Crippen LogP contribution < -0.4 is 27.0 Å². The molecule has 194 valence electrons. The molecule has 36 heavy (non-hydrogen) atoms. The van der Waals surface area contributed by atoms with Gasteiger partial charge in [0.15, 0.2) is 0 Å². The van der Waals surface area contributed by atoms with E-state index < -0.39 is 60.2 Å². The number of primary amides is 1. The summed E-state index contributed by atoms with van der Waals surface area (Å²) < 4.78 is 0. The van der Waals surface area contributed by atoms with Crippen molar-refractivity contribution in [2.45, 2.75) is 56.3 Å². The molecule has 2 aromatic heterocycles. The molecule has 1 aliphatic rings. The van der Waals surface area contributed by atoms with E-state index in [2.05, 4.69) is 41.2 Å². The number of carboxylic acids is 1. The summed E-state index contributed by atoms with van der Waals surface area (Å²) in [7, 11) is 0. The van der Waals surface area contributed by atoms with Crippen LogP contribution >= 0.6 is 0 Å². The Balaban J connectivity index is 1.73. The first-order chi connectivity index (χ1) is 17.2. The number of H-pyrrole nitrogens is 2. The Morgan fingerprint density at radius 1 is 0.944 bits per heavy atom. The van der Waals surface area contributed by atoms with Crippen LogP contribution in [0.25, 0.3) is 0 Å². The fourth-order valence-electron chi connectivity index (χ4n) is 3.78. The Labute approximate surface area is 205 Å². The number of amides is 4. The summed E-state index contributed by atoms with van der Waals surface area (Å²) in [6, 6.07) is -4.39. The first-order valence-electron chi connectivity index (χ1n) is 11.3. The average Bonchev–Trinajstić information content (AvgIpc) is 3.61. The fourth-order valence-corrected chi connectivity index (χ4v) is 3.78. The summed E-state index contributed by atoms with van der Waals surface area (Å²) in [6.07, 6.45) is 6.40. The van der Waals surface area contributed by atoms with Gasteiger partial charge < -0.3 is 42.1 Å². The second-order valence-electron chi connectivity index (χ2n) is 8.40. The molecule has 4 atom stereocenters. The average molecular weight is 504 g/mol. The molecule has 0 aliphatic carbocycles. The van der Waals surface area contributed by atoms with Crippen LogP contribution in [0, 0.1) is 0 Å². The highest BCUT2D eigenvalue weighted by atomic mass is 16.4. The number of rotatable bonds is 13. The van der Waals surface area contributed by atoms with Gasteiger partial charge in [0.25, 0.3) is 0 Å². The van der Waals surface area contributed by atoms with Crippen molar-refractivity contribution in [1.82, 2.24) is 41.2 Å². The normalized spacial score (nSPS) is 17.5. The van der Waals surface area contributed by atoms with E-state index in [0.717, 1.165) is 6.42 Å². The minimum Gasteiger partial charge on any atom is -0.480 e. The van der Waals surface area contributed by atoms with Gasteiger partial charge in [-0.2, -0.15) is 0 Å². The Hall–Kier alpha value is -4.27. The number of imidazole rings is 2. The molecule has 0 spiro atoms. The maximum atomic E-state index is 13.1. The molecule has 15 heteroatoms. The number of hydrogen-bond acceptors (Lipinski definition) is 8. The quantitative estimate of drug-likeness (QED) is 0.139. The van der Waals surface area contributed by atoms with Crippen LogP contribution in [0.1, 0.15) is 30.7 Å². The number of carbonyl (C=O) groups excluding carboxylic acids is 4. The first-order valence-corrected chi connectivity index (χ1v) is 11.3. The van der Waals surface area contributed by atoms with Crippen molar-refractivity contribution in [1.29, 1.82) is 0 Å². The number of hydrogen-bond donors (Lipinski definition) is 8. The summed E-state index contributed by atoms with van der Waals surface area (Å²) >= 11 is 0. The molecule has 0 saturated carbocycles. The van der Waals surface area contributed by atoms with Gasteiger partial charge in [-0.15, -0.1) is 0 Å². The van der Waals surface area contributed by atoms with Crippen LogP contribution in [0.3, 0.4) is 0 Å². The van der Waals surface area contributed by atoms with E-state index in [1.54, 1.807) is 0 Å². The summed E-state index contributed by atoms with van der Waals surface area (Å²) in [6.45, 7) is 0.653. The van der Waals surface area contributed by atoms with Crippen LogP contribution in [0.15, 0.2) is 25.0 Å². The van der Waals surface area contributed by atoms with Gasteiger partial charge in [0.1, 0.15) is 18.1 Å². The minimum absolute atomic E-state index is 0.0601. The van der Waals surface area contributed by atoms with Gasteiger partial charge in [0, 0.05) is 36.6 Å². The molecule has 1 saturated heterocycles. The van der Waals surface area contributed by atoms with E-state index in [0.29, 0.717) is 24.4 Å². The molecule has 4 amide bonds. The molecule has 3 rings (SSSR count). The van der Waals surface area contributed by atoms with Crippen LogP contribution in [-0.2, 0) is 36.8 Å². The lowest BCUT2D eigenvalue weighted by atomic mass is 10.1. The zero-order chi connectivity index (χ0) is 26.1. The first kappa shape index (κ1) is 26.3. The molecule has 0 bridgehead atoms. The molecule has 2 aromatic rings. The summed E-state index contributed by atoms with van der Waals surface area (Å²) in [4.78, 5) is 75.3. The minimum atomic E-state index is -1.32. The third kappa shape index (κ3) is 7.63. The molecular weight excluding hydrogens is 474 g/mol. The van der Waals surface area contributed by atoms with Gasteiger partial charge in [-0.1, -0.05) is 0 Å². The molecule has 1 fully saturated rings. The Kier molecular flexibility index (Phi) is 9.10. The molecule has 15 nitrogen and oxygen atoms in total. The van der Waals surface area contributed by atoms with Gasteiger partial charge in [-0.3, -0.25) is 19.2 Å². The second-order valence-corrected chi connectivity index (χ2v) is 8.40. The standard InChI is InChI=1S/C21H29N9O6/c22-17(31)6-15(29-18(32)13-2-1-3-25-13)20(34)28-14(4-11-7-23-9-26-11)19(33)30-16(21(35)36)5-12-8-24-10-27-12/h7-10,13-16,25H,1-6H2,(H2,22,31)(H,23,26)(H,24,27)(H,28,34)(H,29,32)(H,30,33)(H,35,36). The zero-order valence-electron chi connectivity index (χ0n) is 19.3. The largest absolute Gasteiger partial charge is 0.480 e. The van der Waals surface area contributed by atoms with Crippen LogP contribution in [-0.4, -0.2) is 85.4 Å². The van der Waals surface area contributed by atoms with Gasteiger partial charge in [-0.05, 0) is 19.4 Å². The Morgan fingerprint density at radius 2 is 1.53 bits per heavy atom. The van der Waals surface area contributed by atoms with Crippen molar-refractivity contribution in [3.63, 3.8) is 0 Å². The summed E-state index contributed by atoms with van der Waals surface area (Å²) in [5, 5.41) is 20.0. The molecular formula is C21H29N9O6. The van der Waals surface area contributed by atoms with Crippen molar-refractivity contribution in [3.8, 4) is 0 Å². The summed E-state index contributed by atoms with van der Waals surface area (Å²) in [5.74, 6) is -4.18. The number of aromatic amines is 2. The van der Waals surface area contributed by atoms with Crippen molar-refractivity contribution >= 4 is 29.6 Å². The number of carbonyl (C=O) groups is 5. The molecule has 1 aliphatic heterocycles. The van der Waals surface area contributed by atoms with E-state index in [9.17, 15) is 29.1 Å². The number of carboxylic acid groups (broad SMARTS) is 1. The fraction of sp³-hybridized carbons (Fsp3) is 0.476. The zero-order valence-corrected chi connectivity index (χ0v) is 19.3. The highest BCUT2D eigenvalue weighted by molar-refractivity contribution is 5.96. The molecule has 9 N–H and O–H groups in total. The van der Waals surface area contributed by atoms with E-state index in [1.807, 2.05) is 0 Å². The SMILES string of the molecule is NC(=O)CC(NC(=O)C1CCCN1)C(=O)NC(Cc1cnc[nH]1)C(=O)NC(Cc1cnc[nH]1)C(=O)O. The van der Waals surface area contributed by atoms with Gasteiger partial charge in [0.05, 0.1) is 25.1 Å². The van der Waals surface area contributed by atoms with Gasteiger partial charge >= 0.3 is 5.97 Å². The van der Waals surface area contributed by atoms with Crippen molar-refractivity contribution in [2.24, 2.45) is 5.73 Å².